The summed E-state index contributed by atoms with van der Waals surface area (Å²) < 4.78 is 5.04. The third kappa shape index (κ3) is 4.13. The Kier molecular flexibility index (Phi) is 5.33. The van der Waals surface area contributed by atoms with Crippen LogP contribution in [0.3, 0.4) is 0 Å². The lowest BCUT2D eigenvalue weighted by atomic mass is 10.0. The Labute approximate surface area is 116 Å². The SMILES string of the molecule is COc1ccc(O)c(C(C)N(CC(=O)O)CC(=O)O)c1. The van der Waals surface area contributed by atoms with Crippen molar-refractivity contribution >= 4 is 11.9 Å². The summed E-state index contributed by atoms with van der Waals surface area (Å²) in [6.45, 7) is 0.745. The minimum absolute atomic E-state index is 0.0425. The molecule has 0 aliphatic carbocycles. The van der Waals surface area contributed by atoms with Crippen molar-refractivity contribution in [3.8, 4) is 11.5 Å². The predicted octanol–water partition coefficient (Wildman–Crippen LogP) is 0.933. The Morgan fingerprint density at radius 3 is 2.25 bits per heavy atom. The van der Waals surface area contributed by atoms with Crippen LogP contribution >= 0.6 is 0 Å². The maximum atomic E-state index is 10.8. The smallest absolute Gasteiger partial charge is 0.317 e. The number of aliphatic carboxylic acids is 2. The van der Waals surface area contributed by atoms with Crippen LogP contribution in [-0.4, -0.2) is 52.4 Å². The second-order valence-electron chi connectivity index (χ2n) is 4.29. The number of benzene rings is 1. The van der Waals surface area contributed by atoms with Gasteiger partial charge in [0, 0.05) is 11.6 Å². The molecule has 1 rings (SSSR count). The first-order valence-corrected chi connectivity index (χ1v) is 5.89. The summed E-state index contributed by atoms with van der Waals surface area (Å²) in [7, 11) is 1.47. The van der Waals surface area contributed by atoms with Crippen molar-refractivity contribution in [2.45, 2.75) is 13.0 Å². The molecule has 0 saturated heterocycles. The maximum absolute atomic E-state index is 10.8. The monoisotopic (exact) mass is 283 g/mol. The van der Waals surface area contributed by atoms with E-state index in [2.05, 4.69) is 0 Å². The van der Waals surface area contributed by atoms with E-state index in [1.807, 2.05) is 0 Å². The van der Waals surface area contributed by atoms with E-state index in [1.165, 1.54) is 18.1 Å². The van der Waals surface area contributed by atoms with Crippen LogP contribution < -0.4 is 4.74 Å². The molecule has 1 aromatic carbocycles. The summed E-state index contributed by atoms with van der Waals surface area (Å²) in [5.41, 5.74) is 0.409. The lowest BCUT2D eigenvalue weighted by molar-refractivity contribution is -0.142. The highest BCUT2D eigenvalue weighted by Crippen LogP contribution is 2.31. The number of hydrogen-bond donors (Lipinski definition) is 3. The second kappa shape index (κ2) is 6.76. The quantitative estimate of drug-likeness (QED) is 0.683. The number of phenolic OH excluding ortho intramolecular Hbond substituents is 1. The molecule has 0 aromatic heterocycles. The Bertz CT molecular complexity index is 486. The molecule has 20 heavy (non-hydrogen) atoms. The molecule has 0 heterocycles. The lowest BCUT2D eigenvalue weighted by Gasteiger charge is -2.26. The second-order valence-corrected chi connectivity index (χ2v) is 4.29. The normalized spacial score (nSPS) is 12.2. The predicted molar refractivity (Wildman–Crippen MR) is 69.9 cm³/mol. The van der Waals surface area contributed by atoms with E-state index < -0.39 is 31.1 Å². The van der Waals surface area contributed by atoms with Gasteiger partial charge in [0.2, 0.25) is 0 Å². The fourth-order valence-electron chi connectivity index (χ4n) is 1.87. The van der Waals surface area contributed by atoms with Gasteiger partial charge in [-0.15, -0.1) is 0 Å². The summed E-state index contributed by atoms with van der Waals surface area (Å²) in [5.74, 6) is -1.82. The van der Waals surface area contributed by atoms with Crippen LogP contribution in [0, 0.1) is 0 Å². The van der Waals surface area contributed by atoms with Crippen LogP contribution in [0.4, 0.5) is 0 Å². The van der Waals surface area contributed by atoms with E-state index in [0.29, 0.717) is 11.3 Å². The van der Waals surface area contributed by atoms with Gasteiger partial charge >= 0.3 is 11.9 Å². The highest BCUT2D eigenvalue weighted by Gasteiger charge is 2.23. The molecule has 0 aliphatic rings. The van der Waals surface area contributed by atoms with Crippen LogP contribution in [0.25, 0.3) is 0 Å². The summed E-state index contributed by atoms with van der Waals surface area (Å²) in [6, 6.07) is 3.95. The number of methoxy groups -OCH3 is 1. The Hall–Kier alpha value is -2.28. The van der Waals surface area contributed by atoms with Gasteiger partial charge in [-0.2, -0.15) is 0 Å². The molecule has 0 amide bonds. The zero-order valence-electron chi connectivity index (χ0n) is 11.2. The molecule has 0 fully saturated rings. The number of carboxylic acid groups (broad SMARTS) is 2. The molecule has 0 aliphatic heterocycles. The molecule has 7 nitrogen and oxygen atoms in total. The van der Waals surface area contributed by atoms with Crippen molar-refractivity contribution in [2.75, 3.05) is 20.2 Å². The average Bonchev–Trinajstić information content (AvgIpc) is 2.36. The Balaban J connectivity index is 3.06. The third-order valence-electron chi connectivity index (χ3n) is 2.91. The van der Waals surface area contributed by atoms with Gasteiger partial charge in [0.05, 0.1) is 20.2 Å². The van der Waals surface area contributed by atoms with Gasteiger partial charge in [-0.25, -0.2) is 0 Å². The first kappa shape index (κ1) is 15.8. The standard InChI is InChI=1S/C13H17NO6/c1-8(14(6-12(16)17)7-13(18)19)10-5-9(20-2)3-4-11(10)15/h3-5,8,15H,6-7H2,1-2H3,(H,16,17)(H,18,19). The number of rotatable bonds is 7. The summed E-state index contributed by atoms with van der Waals surface area (Å²) in [6.07, 6.45) is 0. The highest BCUT2D eigenvalue weighted by atomic mass is 16.5. The highest BCUT2D eigenvalue weighted by molar-refractivity contribution is 5.72. The number of nitrogens with zero attached hydrogens (tertiary/aromatic N) is 1. The number of aromatic hydroxyl groups is 1. The summed E-state index contributed by atoms with van der Waals surface area (Å²) in [5, 5.41) is 27.5. The van der Waals surface area contributed by atoms with E-state index >= 15 is 0 Å². The molecule has 0 bridgehead atoms. The molecule has 110 valence electrons. The number of ether oxygens (including phenoxy) is 1. The molecule has 0 saturated carbocycles. The first-order chi connectivity index (χ1) is 9.35. The number of carbonyl (C=O) groups is 2. The van der Waals surface area contributed by atoms with Crippen molar-refractivity contribution in [3.63, 3.8) is 0 Å². The van der Waals surface area contributed by atoms with Gasteiger partial charge in [-0.1, -0.05) is 0 Å². The van der Waals surface area contributed by atoms with Gasteiger partial charge in [-0.3, -0.25) is 14.5 Å². The lowest BCUT2D eigenvalue weighted by Crippen LogP contribution is -2.36. The van der Waals surface area contributed by atoms with E-state index in [4.69, 9.17) is 14.9 Å². The van der Waals surface area contributed by atoms with Crippen LogP contribution in [0.5, 0.6) is 11.5 Å². The van der Waals surface area contributed by atoms with Crippen LogP contribution in [-0.2, 0) is 9.59 Å². The number of phenols is 1. The van der Waals surface area contributed by atoms with Crippen molar-refractivity contribution in [3.05, 3.63) is 23.8 Å². The zero-order chi connectivity index (χ0) is 15.3. The van der Waals surface area contributed by atoms with E-state index in [0.717, 1.165) is 0 Å². The first-order valence-electron chi connectivity index (χ1n) is 5.89. The van der Waals surface area contributed by atoms with Gasteiger partial charge in [0.25, 0.3) is 0 Å². The molecule has 0 radical (unpaired) electrons. The van der Waals surface area contributed by atoms with Gasteiger partial charge < -0.3 is 20.1 Å². The van der Waals surface area contributed by atoms with Crippen LogP contribution in [0.1, 0.15) is 18.5 Å². The molecule has 3 N–H and O–H groups in total. The minimum Gasteiger partial charge on any atom is -0.508 e. The molecular formula is C13H17NO6. The molecule has 1 unspecified atom stereocenters. The largest absolute Gasteiger partial charge is 0.508 e. The van der Waals surface area contributed by atoms with Gasteiger partial charge in [0.15, 0.2) is 0 Å². The number of hydrogen-bond acceptors (Lipinski definition) is 5. The van der Waals surface area contributed by atoms with E-state index in [9.17, 15) is 14.7 Å². The zero-order valence-corrected chi connectivity index (χ0v) is 11.2. The third-order valence-corrected chi connectivity index (χ3v) is 2.91. The fourth-order valence-corrected chi connectivity index (χ4v) is 1.87. The number of carboxylic acids is 2. The molecular weight excluding hydrogens is 266 g/mol. The van der Waals surface area contributed by atoms with Gasteiger partial charge in [-0.05, 0) is 25.1 Å². The van der Waals surface area contributed by atoms with E-state index in [-0.39, 0.29) is 5.75 Å². The van der Waals surface area contributed by atoms with Crippen LogP contribution in [0.2, 0.25) is 0 Å². The van der Waals surface area contributed by atoms with Crippen LogP contribution in [0.15, 0.2) is 18.2 Å². The topological polar surface area (TPSA) is 107 Å². The van der Waals surface area contributed by atoms with E-state index in [1.54, 1.807) is 19.1 Å². The summed E-state index contributed by atoms with van der Waals surface area (Å²) in [4.78, 5) is 22.9. The van der Waals surface area contributed by atoms with Crippen molar-refractivity contribution in [2.24, 2.45) is 0 Å². The molecule has 7 heteroatoms. The van der Waals surface area contributed by atoms with Crippen molar-refractivity contribution in [1.82, 2.24) is 4.90 Å². The molecule has 1 atom stereocenters. The maximum Gasteiger partial charge on any atom is 0.317 e. The summed E-state index contributed by atoms with van der Waals surface area (Å²) >= 11 is 0. The Morgan fingerprint density at radius 2 is 1.80 bits per heavy atom. The molecule has 0 spiro atoms. The van der Waals surface area contributed by atoms with Crippen molar-refractivity contribution in [1.29, 1.82) is 0 Å². The van der Waals surface area contributed by atoms with Gasteiger partial charge in [0.1, 0.15) is 11.5 Å². The average molecular weight is 283 g/mol. The Morgan fingerprint density at radius 1 is 1.25 bits per heavy atom. The van der Waals surface area contributed by atoms with Crippen molar-refractivity contribution < 1.29 is 29.6 Å². The fraction of sp³-hybridized carbons (Fsp3) is 0.385. The minimum atomic E-state index is -1.14. The molecule has 1 aromatic rings.